The van der Waals surface area contributed by atoms with Gasteiger partial charge >= 0.3 is 5.97 Å². The summed E-state index contributed by atoms with van der Waals surface area (Å²) in [5, 5.41) is 0. The van der Waals surface area contributed by atoms with Crippen LogP contribution in [0.4, 0.5) is 0 Å². The first-order valence-electron chi connectivity index (χ1n) is 12.5. The van der Waals surface area contributed by atoms with Crippen molar-refractivity contribution >= 4 is 5.97 Å². The van der Waals surface area contributed by atoms with Crippen molar-refractivity contribution in [2.75, 3.05) is 26.2 Å². The number of nitrogens with zero attached hydrogens (tertiary/aromatic N) is 1. The summed E-state index contributed by atoms with van der Waals surface area (Å²) in [6.45, 7) is 5.57. The molecule has 4 nitrogen and oxygen atoms in total. The smallest absolute Gasteiger partial charge is 0.308 e. The molecular formula is C30H33NO3. The molecule has 0 amide bonds. The Morgan fingerprint density at radius 1 is 0.912 bits per heavy atom. The van der Waals surface area contributed by atoms with E-state index >= 15 is 0 Å². The molecule has 5 rings (SSSR count). The molecule has 3 aromatic rings. The highest BCUT2D eigenvalue weighted by Gasteiger charge is 2.32. The maximum atomic E-state index is 11.4. The van der Waals surface area contributed by atoms with Crippen molar-refractivity contribution in [3.8, 4) is 11.5 Å². The number of rotatable bonds is 7. The molecule has 34 heavy (non-hydrogen) atoms. The van der Waals surface area contributed by atoms with Gasteiger partial charge < -0.3 is 9.47 Å². The zero-order valence-electron chi connectivity index (χ0n) is 19.9. The van der Waals surface area contributed by atoms with Gasteiger partial charge in [-0.3, -0.25) is 9.69 Å². The molecule has 1 saturated heterocycles. The Kier molecular flexibility index (Phi) is 6.96. The number of ether oxygens (including phenoxy) is 2. The molecule has 1 aliphatic carbocycles. The quantitative estimate of drug-likeness (QED) is 0.326. The minimum absolute atomic E-state index is 0.246. The number of hydrogen-bond acceptors (Lipinski definition) is 4. The molecular weight excluding hydrogens is 422 g/mol. The SMILES string of the molecule is CC(=O)Oc1ccc2c(c1)CC[C@H](c1ccccc1)[C@@H]2c1ccc(OCCN2CCCC2)cc1. The number of likely N-dealkylation sites (tertiary alicyclic amines) is 1. The molecule has 4 heteroatoms. The highest BCUT2D eigenvalue weighted by molar-refractivity contribution is 5.69. The summed E-state index contributed by atoms with van der Waals surface area (Å²) in [5.74, 6) is 1.92. The summed E-state index contributed by atoms with van der Waals surface area (Å²) in [6.07, 6.45) is 4.64. The molecule has 3 aromatic carbocycles. The Bertz CT molecular complexity index is 1100. The lowest BCUT2D eigenvalue weighted by atomic mass is 9.69. The van der Waals surface area contributed by atoms with Gasteiger partial charge in [-0.15, -0.1) is 0 Å². The van der Waals surface area contributed by atoms with E-state index in [1.165, 1.54) is 55.1 Å². The number of aryl methyl sites for hydroxylation is 1. The fourth-order valence-electron chi connectivity index (χ4n) is 5.57. The first-order valence-corrected chi connectivity index (χ1v) is 12.5. The molecule has 1 fully saturated rings. The standard InChI is InChI=1S/C30H33NO3/c1-22(32)34-27-14-16-29-25(21-27)11-15-28(23-7-3-2-4-8-23)30(29)24-9-12-26(13-10-24)33-20-19-31-17-5-6-18-31/h2-4,7-10,12-14,16,21,28,30H,5-6,11,15,17-20H2,1H3/t28-,30+/m1/s1. The van der Waals surface area contributed by atoms with E-state index in [-0.39, 0.29) is 11.9 Å². The number of benzene rings is 3. The molecule has 0 unspecified atom stereocenters. The van der Waals surface area contributed by atoms with Gasteiger partial charge in [-0.05, 0) is 91.2 Å². The number of esters is 1. The highest BCUT2D eigenvalue weighted by Crippen LogP contribution is 2.47. The van der Waals surface area contributed by atoms with E-state index in [1.54, 1.807) is 0 Å². The predicted octanol–water partition coefficient (Wildman–Crippen LogP) is 5.95. The van der Waals surface area contributed by atoms with Gasteiger partial charge in [0.2, 0.25) is 0 Å². The van der Waals surface area contributed by atoms with Gasteiger partial charge in [-0.1, -0.05) is 48.5 Å². The van der Waals surface area contributed by atoms with E-state index in [1.807, 2.05) is 12.1 Å². The van der Waals surface area contributed by atoms with Crippen LogP contribution in [0.1, 0.15) is 60.3 Å². The first-order chi connectivity index (χ1) is 16.7. The van der Waals surface area contributed by atoms with Gasteiger partial charge in [0.05, 0.1) is 0 Å². The number of carbonyl (C=O) groups is 1. The van der Waals surface area contributed by atoms with E-state index in [4.69, 9.17) is 9.47 Å². The minimum Gasteiger partial charge on any atom is -0.492 e. The van der Waals surface area contributed by atoms with Gasteiger partial charge in [0.25, 0.3) is 0 Å². The van der Waals surface area contributed by atoms with Crippen LogP contribution in [-0.4, -0.2) is 37.1 Å². The third kappa shape index (κ3) is 5.18. The lowest BCUT2D eigenvalue weighted by Crippen LogP contribution is -2.25. The summed E-state index contributed by atoms with van der Waals surface area (Å²) in [6, 6.07) is 25.6. The van der Waals surface area contributed by atoms with Crippen molar-refractivity contribution in [1.29, 1.82) is 0 Å². The van der Waals surface area contributed by atoms with Crippen molar-refractivity contribution in [2.45, 2.75) is 44.4 Å². The van der Waals surface area contributed by atoms with E-state index < -0.39 is 0 Å². The monoisotopic (exact) mass is 455 g/mol. The summed E-state index contributed by atoms with van der Waals surface area (Å²) in [7, 11) is 0. The molecule has 1 aliphatic heterocycles. The summed E-state index contributed by atoms with van der Waals surface area (Å²) in [4.78, 5) is 13.9. The van der Waals surface area contributed by atoms with Gasteiger partial charge in [-0.25, -0.2) is 0 Å². The Labute approximate surface area is 202 Å². The number of fused-ring (bicyclic) bond motifs is 1. The first kappa shape index (κ1) is 22.7. The van der Waals surface area contributed by atoms with E-state index in [0.29, 0.717) is 11.7 Å². The molecule has 176 valence electrons. The second-order valence-electron chi connectivity index (χ2n) is 9.45. The van der Waals surface area contributed by atoms with Crippen LogP contribution < -0.4 is 9.47 Å². The molecule has 0 bridgehead atoms. The average Bonchev–Trinajstić information content (AvgIpc) is 3.37. The second-order valence-corrected chi connectivity index (χ2v) is 9.45. The molecule has 0 spiro atoms. The fourth-order valence-corrected chi connectivity index (χ4v) is 5.57. The molecule has 0 radical (unpaired) electrons. The van der Waals surface area contributed by atoms with Crippen LogP contribution >= 0.6 is 0 Å². The zero-order chi connectivity index (χ0) is 23.3. The third-order valence-corrected chi connectivity index (χ3v) is 7.18. The van der Waals surface area contributed by atoms with Crippen LogP contribution in [0.2, 0.25) is 0 Å². The fraction of sp³-hybridized carbons (Fsp3) is 0.367. The van der Waals surface area contributed by atoms with E-state index in [0.717, 1.165) is 31.7 Å². The molecule has 1 heterocycles. The van der Waals surface area contributed by atoms with Crippen LogP contribution in [0.25, 0.3) is 0 Å². The highest BCUT2D eigenvalue weighted by atomic mass is 16.5. The van der Waals surface area contributed by atoms with Crippen LogP contribution in [-0.2, 0) is 11.2 Å². The Morgan fingerprint density at radius 3 is 2.38 bits per heavy atom. The van der Waals surface area contributed by atoms with Crippen molar-refractivity contribution in [1.82, 2.24) is 4.90 Å². The van der Waals surface area contributed by atoms with Crippen molar-refractivity contribution in [3.05, 3.63) is 95.1 Å². The average molecular weight is 456 g/mol. The van der Waals surface area contributed by atoms with Crippen molar-refractivity contribution < 1.29 is 14.3 Å². The molecule has 0 N–H and O–H groups in total. The van der Waals surface area contributed by atoms with Crippen molar-refractivity contribution in [3.63, 3.8) is 0 Å². The van der Waals surface area contributed by atoms with Gasteiger partial charge in [0.15, 0.2) is 0 Å². The molecule has 0 aromatic heterocycles. The Hall–Kier alpha value is -3.11. The normalized spacial score (nSPS) is 20.0. The lowest BCUT2D eigenvalue weighted by molar-refractivity contribution is -0.131. The maximum absolute atomic E-state index is 11.4. The van der Waals surface area contributed by atoms with E-state index in [9.17, 15) is 4.79 Å². The largest absolute Gasteiger partial charge is 0.492 e. The predicted molar refractivity (Wildman–Crippen MR) is 135 cm³/mol. The molecule has 0 saturated carbocycles. The minimum atomic E-state index is -0.283. The third-order valence-electron chi connectivity index (χ3n) is 7.18. The van der Waals surface area contributed by atoms with Crippen LogP contribution in [0.5, 0.6) is 11.5 Å². The summed E-state index contributed by atoms with van der Waals surface area (Å²) in [5.41, 5.74) is 5.25. The lowest BCUT2D eigenvalue weighted by Gasteiger charge is -2.35. The molecule has 2 aliphatic rings. The zero-order valence-corrected chi connectivity index (χ0v) is 19.9. The van der Waals surface area contributed by atoms with Gasteiger partial charge in [-0.2, -0.15) is 0 Å². The number of carbonyl (C=O) groups excluding carboxylic acids is 1. The molecule has 2 atom stereocenters. The maximum Gasteiger partial charge on any atom is 0.308 e. The topological polar surface area (TPSA) is 38.8 Å². The Balaban J connectivity index is 1.39. The summed E-state index contributed by atoms with van der Waals surface area (Å²) < 4.78 is 11.4. The Morgan fingerprint density at radius 2 is 1.65 bits per heavy atom. The van der Waals surface area contributed by atoms with E-state index in [2.05, 4.69) is 65.6 Å². The summed E-state index contributed by atoms with van der Waals surface area (Å²) >= 11 is 0. The van der Waals surface area contributed by atoms with Crippen LogP contribution in [0.3, 0.4) is 0 Å². The van der Waals surface area contributed by atoms with Gasteiger partial charge in [0, 0.05) is 19.4 Å². The van der Waals surface area contributed by atoms with Crippen molar-refractivity contribution in [2.24, 2.45) is 0 Å². The second kappa shape index (κ2) is 10.4. The number of hydrogen-bond donors (Lipinski definition) is 0. The van der Waals surface area contributed by atoms with Crippen LogP contribution in [0.15, 0.2) is 72.8 Å². The van der Waals surface area contributed by atoms with Gasteiger partial charge in [0.1, 0.15) is 18.1 Å². The van der Waals surface area contributed by atoms with Crippen LogP contribution in [0, 0.1) is 0 Å².